The van der Waals surface area contributed by atoms with Crippen LogP contribution in [0, 0.1) is 6.92 Å². The second-order valence-electron chi connectivity index (χ2n) is 7.40. The Kier molecular flexibility index (Phi) is 6.34. The first-order chi connectivity index (χ1) is 14.1. The highest BCUT2D eigenvalue weighted by molar-refractivity contribution is 8.00. The van der Waals surface area contributed by atoms with Crippen LogP contribution < -0.4 is 5.32 Å². The summed E-state index contributed by atoms with van der Waals surface area (Å²) >= 11 is 3.19. The Balaban J connectivity index is 1.52. The molecule has 1 amide bonds. The van der Waals surface area contributed by atoms with Gasteiger partial charge in [-0.3, -0.25) is 10.1 Å². The van der Waals surface area contributed by atoms with Crippen molar-refractivity contribution in [1.82, 2.24) is 19.9 Å². The molecule has 0 radical (unpaired) electrons. The zero-order valence-electron chi connectivity index (χ0n) is 16.6. The lowest BCUT2D eigenvalue weighted by molar-refractivity contribution is -0.115. The molecule has 7 nitrogen and oxygen atoms in total. The van der Waals surface area contributed by atoms with Crippen molar-refractivity contribution >= 4 is 34.9 Å². The van der Waals surface area contributed by atoms with Gasteiger partial charge >= 0.3 is 0 Å². The van der Waals surface area contributed by atoms with Crippen molar-refractivity contribution in [2.45, 2.75) is 68.8 Å². The lowest BCUT2D eigenvalue weighted by Gasteiger charge is -2.26. The highest BCUT2D eigenvalue weighted by atomic mass is 32.2. The van der Waals surface area contributed by atoms with Gasteiger partial charge in [-0.2, -0.15) is 0 Å². The normalized spacial score (nSPS) is 16.1. The maximum atomic E-state index is 12.6. The van der Waals surface area contributed by atoms with Gasteiger partial charge < -0.3 is 9.09 Å². The van der Waals surface area contributed by atoms with Crippen molar-refractivity contribution in [2.75, 3.05) is 5.32 Å². The average Bonchev–Trinajstić information content (AvgIpc) is 3.45. The van der Waals surface area contributed by atoms with Gasteiger partial charge in [0.1, 0.15) is 5.82 Å². The molecule has 3 aromatic rings. The number of thioether (sulfide) groups is 1. The SMILES string of the molecule is Cc1cc(NC(=O)C(C)Sc2nnc(Cc3cccs3)n2C2CCCCC2)on1. The van der Waals surface area contributed by atoms with Crippen molar-refractivity contribution in [2.24, 2.45) is 0 Å². The third kappa shape index (κ3) is 4.90. The van der Waals surface area contributed by atoms with Crippen LogP contribution in [0.1, 0.15) is 61.5 Å². The summed E-state index contributed by atoms with van der Waals surface area (Å²) < 4.78 is 7.38. The number of carbonyl (C=O) groups excluding carboxylic acids is 1. The van der Waals surface area contributed by atoms with Crippen LogP contribution in [0.2, 0.25) is 0 Å². The molecule has 1 unspecified atom stereocenters. The summed E-state index contributed by atoms with van der Waals surface area (Å²) in [5.41, 5.74) is 0.732. The van der Waals surface area contributed by atoms with Crippen LogP contribution >= 0.6 is 23.1 Å². The molecule has 1 N–H and O–H groups in total. The van der Waals surface area contributed by atoms with Crippen molar-refractivity contribution in [3.05, 3.63) is 40.0 Å². The van der Waals surface area contributed by atoms with E-state index in [0.29, 0.717) is 11.9 Å². The van der Waals surface area contributed by atoms with Gasteiger partial charge in [-0.1, -0.05) is 42.2 Å². The molecule has 1 saturated carbocycles. The molecule has 0 bridgehead atoms. The maximum Gasteiger partial charge on any atom is 0.240 e. The zero-order valence-corrected chi connectivity index (χ0v) is 18.3. The summed E-state index contributed by atoms with van der Waals surface area (Å²) in [6.45, 7) is 3.70. The lowest BCUT2D eigenvalue weighted by atomic mass is 9.95. The van der Waals surface area contributed by atoms with Gasteiger partial charge in [0.2, 0.25) is 11.8 Å². The Morgan fingerprint density at radius 3 is 2.90 bits per heavy atom. The van der Waals surface area contributed by atoms with Crippen LogP contribution in [-0.4, -0.2) is 31.1 Å². The smallest absolute Gasteiger partial charge is 0.240 e. The number of hydrogen-bond donors (Lipinski definition) is 1. The topological polar surface area (TPSA) is 85.8 Å². The Hall–Kier alpha value is -2.13. The molecule has 9 heteroatoms. The highest BCUT2D eigenvalue weighted by Gasteiger charge is 2.26. The number of aromatic nitrogens is 4. The summed E-state index contributed by atoms with van der Waals surface area (Å²) in [6.07, 6.45) is 6.80. The van der Waals surface area contributed by atoms with Crippen LogP contribution in [0.15, 0.2) is 33.3 Å². The predicted molar refractivity (Wildman–Crippen MR) is 114 cm³/mol. The number of thiophene rings is 1. The molecule has 0 aliphatic heterocycles. The van der Waals surface area contributed by atoms with Crippen molar-refractivity contribution in [3.8, 4) is 0 Å². The monoisotopic (exact) mass is 431 g/mol. The lowest BCUT2D eigenvalue weighted by Crippen LogP contribution is -2.23. The van der Waals surface area contributed by atoms with Gasteiger partial charge in [0.15, 0.2) is 5.16 Å². The molecule has 29 heavy (non-hydrogen) atoms. The number of aryl methyl sites for hydroxylation is 1. The molecule has 0 saturated heterocycles. The molecule has 3 heterocycles. The third-order valence-corrected chi connectivity index (χ3v) is 7.05. The molecule has 3 aromatic heterocycles. The van der Waals surface area contributed by atoms with Gasteiger partial charge in [0.25, 0.3) is 0 Å². The summed E-state index contributed by atoms with van der Waals surface area (Å²) in [7, 11) is 0. The molecular weight excluding hydrogens is 406 g/mol. The fourth-order valence-electron chi connectivity index (χ4n) is 3.64. The van der Waals surface area contributed by atoms with Gasteiger partial charge in [-0.05, 0) is 38.1 Å². The number of amides is 1. The zero-order chi connectivity index (χ0) is 20.2. The van der Waals surface area contributed by atoms with E-state index >= 15 is 0 Å². The van der Waals surface area contributed by atoms with E-state index in [9.17, 15) is 4.79 Å². The minimum absolute atomic E-state index is 0.135. The van der Waals surface area contributed by atoms with E-state index in [1.807, 2.05) is 13.8 Å². The average molecular weight is 432 g/mol. The number of anilines is 1. The van der Waals surface area contributed by atoms with Crippen LogP contribution in [0.25, 0.3) is 0 Å². The summed E-state index contributed by atoms with van der Waals surface area (Å²) in [5.74, 6) is 1.22. The van der Waals surface area contributed by atoms with E-state index in [4.69, 9.17) is 4.52 Å². The number of hydrogen-bond acceptors (Lipinski definition) is 7. The van der Waals surface area contributed by atoms with Gasteiger partial charge in [-0.25, -0.2) is 0 Å². The fraction of sp³-hybridized carbons (Fsp3) is 0.500. The van der Waals surface area contributed by atoms with Gasteiger partial charge in [-0.15, -0.1) is 21.5 Å². The molecule has 0 aromatic carbocycles. The Morgan fingerprint density at radius 1 is 1.38 bits per heavy atom. The van der Waals surface area contributed by atoms with E-state index in [0.717, 1.165) is 35.9 Å². The van der Waals surface area contributed by atoms with Crippen LogP contribution in [0.4, 0.5) is 5.88 Å². The van der Waals surface area contributed by atoms with Crippen molar-refractivity contribution in [3.63, 3.8) is 0 Å². The standard InChI is InChI=1S/C20H25N5O2S2/c1-13-11-18(27-24-13)21-19(26)14(2)29-20-23-22-17(12-16-9-6-10-28-16)25(20)15-7-4-3-5-8-15/h6,9-11,14-15H,3-5,7-8,12H2,1-2H3,(H,21,26). The van der Waals surface area contributed by atoms with E-state index < -0.39 is 0 Å². The Morgan fingerprint density at radius 2 is 2.21 bits per heavy atom. The number of nitrogens with zero attached hydrogens (tertiary/aromatic N) is 4. The molecule has 154 valence electrons. The first-order valence-electron chi connectivity index (χ1n) is 9.97. The van der Waals surface area contributed by atoms with E-state index in [1.54, 1.807) is 17.4 Å². The third-order valence-electron chi connectivity index (χ3n) is 5.11. The van der Waals surface area contributed by atoms with Gasteiger partial charge in [0, 0.05) is 23.4 Å². The quantitative estimate of drug-likeness (QED) is 0.538. The molecular formula is C20H25N5O2S2. The Labute approximate surface area is 178 Å². The largest absolute Gasteiger partial charge is 0.338 e. The van der Waals surface area contributed by atoms with E-state index in [2.05, 4.69) is 42.8 Å². The van der Waals surface area contributed by atoms with Crippen molar-refractivity contribution in [1.29, 1.82) is 0 Å². The summed E-state index contributed by atoms with van der Waals surface area (Å²) in [6, 6.07) is 6.31. The highest BCUT2D eigenvalue weighted by Crippen LogP contribution is 2.34. The molecule has 4 rings (SSSR count). The predicted octanol–water partition coefficient (Wildman–Crippen LogP) is 4.85. The first-order valence-corrected chi connectivity index (χ1v) is 11.7. The van der Waals surface area contributed by atoms with E-state index in [1.165, 1.54) is 35.9 Å². The van der Waals surface area contributed by atoms with E-state index in [-0.39, 0.29) is 11.2 Å². The maximum absolute atomic E-state index is 12.6. The number of carbonyl (C=O) groups is 1. The molecule has 1 atom stereocenters. The molecule has 1 aliphatic rings. The van der Waals surface area contributed by atoms with Crippen LogP contribution in [0.5, 0.6) is 0 Å². The minimum Gasteiger partial charge on any atom is -0.338 e. The molecule has 1 fully saturated rings. The van der Waals surface area contributed by atoms with Crippen molar-refractivity contribution < 1.29 is 9.32 Å². The van der Waals surface area contributed by atoms with Crippen LogP contribution in [-0.2, 0) is 11.2 Å². The second-order valence-corrected chi connectivity index (χ2v) is 9.74. The Bertz CT molecular complexity index is 944. The molecule has 0 spiro atoms. The fourth-order valence-corrected chi connectivity index (χ4v) is 5.28. The number of rotatable bonds is 7. The van der Waals surface area contributed by atoms with Crippen LogP contribution in [0.3, 0.4) is 0 Å². The summed E-state index contributed by atoms with van der Waals surface area (Å²) in [4.78, 5) is 13.9. The molecule has 1 aliphatic carbocycles. The van der Waals surface area contributed by atoms with Gasteiger partial charge in [0.05, 0.1) is 10.9 Å². The summed E-state index contributed by atoms with van der Waals surface area (Å²) in [5, 5.41) is 18.1. The second kappa shape index (κ2) is 9.13. The minimum atomic E-state index is -0.332. The first kappa shape index (κ1) is 20.2. The number of nitrogens with one attached hydrogen (secondary N) is 1.